The SMILES string of the molecule is CC[C@H](C(=O)NC)N(CCc1ccccc1)C(=O)CCCN(c1ccc2c(c1)OCCO2)S(C)(=O)=O. The van der Waals surface area contributed by atoms with Crippen molar-refractivity contribution < 1.29 is 27.5 Å². The van der Waals surface area contributed by atoms with Gasteiger partial charge in [0.2, 0.25) is 21.8 Å². The molecule has 0 saturated carbocycles. The van der Waals surface area contributed by atoms with E-state index in [1.807, 2.05) is 37.3 Å². The van der Waals surface area contributed by atoms with Crippen molar-refractivity contribution in [3.8, 4) is 11.5 Å². The molecule has 1 aliphatic heterocycles. The summed E-state index contributed by atoms with van der Waals surface area (Å²) in [4.78, 5) is 27.4. The third kappa shape index (κ3) is 7.13. The zero-order valence-corrected chi connectivity index (χ0v) is 21.9. The Kier molecular flexibility index (Phi) is 9.58. The molecule has 0 radical (unpaired) electrons. The zero-order valence-electron chi connectivity index (χ0n) is 21.1. The quantitative estimate of drug-likeness (QED) is 0.464. The Morgan fingerprint density at radius 3 is 2.36 bits per heavy atom. The van der Waals surface area contributed by atoms with Crippen molar-refractivity contribution in [2.75, 3.05) is 43.9 Å². The number of hydrogen-bond donors (Lipinski definition) is 1. The maximum Gasteiger partial charge on any atom is 0.242 e. The lowest BCUT2D eigenvalue weighted by Crippen LogP contribution is -2.49. The fourth-order valence-corrected chi connectivity index (χ4v) is 5.21. The first-order valence-corrected chi connectivity index (χ1v) is 14.0. The van der Waals surface area contributed by atoms with E-state index >= 15 is 0 Å². The van der Waals surface area contributed by atoms with Crippen molar-refractivity contribution in [3.63, 3.8) is 0 Å². The van der Waals surface area contributed by atoms with Crippen molar-refractivity contribution in [3.05, 3.63) is 54.1 Å². The summed E-state index contributed by atoms with van der Waals surface area (Å²) in [5.74, 6) is 0.666. The number of nitrogens with zero attached hydrogens (tertiary/aromatic N) is 2. The van der Waals surface area contributed by atoms with Gasteiger partial charge in [-0.3, -0.25) is 13.9 Å². The maximum atomic E-state index is 13.3. The topological polar surface area (TPSA) is 105 Å². The predicted molar refractivity (Wildman–Crippen MR) is 139 cm³/mol. The molecular weight excluding hydrogens is 482 g/mol. The first kappa shape index (κ1) is 27.3. The minimum Gasteiger partial charge on any atom is -0.486 e. The lowest BCUT2D eigenvalue weighted by atomic mass is 10.1. The number of fused-ring (bicyclic) bond motifs is 1. The molecule has 2 aromatic carbocycles. The number of rotatable bonds is 12. The first-order chi connectivity index (χ1) is 17.2. The number of amides is 2. The van der Waals surface area contributed by atoms with Gasteiger partial charge in [0.05, 0.1) is 11.9 Å². The summed E-state index contributed by atoms with van der Waals surface area (Å²) < 4.78 is 37.5. The van der Waals surface area contributed by atoms with Crippen LogP contribution >= 0.6 is 0 Å². The summed E-state index contributed by atoms with van der Waals surface area (Å²) in [5.41, 5.74) is 1.52. The lowest BCUT2D eigenvalue weighted by Gasteiger charge is -2.31. The van der Waals surface area contributed by atoms with E-state index in [-0.39, 0.29) is 24.8 Å². The van der Waals surface area contributed by atoms with Crippen LogP contribution in [0.1, 0.15) is 31.7 Å². The van der Waals surface area contributed by atoms with Crippen molar-refractivity contribution in [1.29, 1.82) is 0 Å². The smallest absolute Gasteiger partial charge is 0.242 e. The zero-order chi connectivity index (χ0) is 26.1. The molecule has 0 fully saturated rings. The maximum absolute atomic E-state index is 13.3. The average Bonchev–Trinajstić information content (AvgIpc) is 2.88. The summed E-state index contributed by atoms with van der Waals surface area (Å²) >= 11 is 0. The number of ether oxygens (including phenoxy) is 2. The Balaban J connectivity index is 1.70. The number of sulfonamides is 1. The number of carbonyl (C=O) groups is 2. The van der Waals surface area contributed by atoms with Crippen LogP contribution < -0.4 is 19.1 Å². The van der Waals surface area contributed by atoms with Crippen molar-refractivity contribution >= 4 is 27.5 Å². The Morgan fingerprint density at radius 1 is 1.03 bits per heavy atom. The lowest BCUT2D eigenvalue weighted by molar-refractivity contribution is -0.140. The highest BCUT2D eigenvalue weighted by Gasteiger charge is 2.28. The monoisotopic (exact) mass is 517 g/mol. The third-order valence-electron chi connectivity index (χ3n) is 6.08. The van der Waals surface area contributed by atoms with Crippen LogP contribution in [-0.2, 0) is 26.0 Å². The summed E-state index contributed by atoms with van der Waals surface area (Å²) in [5, 5.41) is 2.65. The average molecular weight is 518 g/mol. The van der Waals surface area contributed by atoms with Crippen LogP contribution in [0.25, 0.3) is 0 Å². The molecule has 1 N–H and O–H groups in total. The molecule has 0 aliphatic carbocycles. The molecule has 36 heavy (non-hydrogen) atoms. The van der Waals surface area contributed by atoms with Gasteiger partial charge in [-0.2, -0.15) is 0 Å². The first-order valence-electron chi connectivity index (χ1n) is 12.2. The van der Waals surface area contributed by atoms with Gasteiger partial charge < -0.3 is 19.7 Å². The number of benzene rings is 2. The minimum absolute atomic E-state index is 0.110. The van der Waals surface area contributed by atoms with Crippen molar-refractivity contribution in [2.24, 2.45) is 0 Å². The van der Waals surface area contributed by atoms with E-state index in [4.69, 9.17) is 9.47 Å². The molecule has 9 nitrogen and oxygen atoms in total. The predicted octanol–water partition coefficient (Wildman–Crippen LogP) is 2.60. The van der Waals surface area contributed by atoms with Gasteiger partial charge in [0.1, 0.15) is 19.3 Å². The van der Waals surface area contributed by atoms with E-state index < -0.39 is 16.1 Å². The molecule has 0 bridgehead atoms. The van der Waals surface area contributed by atoms with Crippen LogP contribution in [0.4, 0.5) is 5.69 Å². The molecule has 0 unspecified atom stereocenters. The van der Waals surface area contributed by atoms with Crippen LogP contribution in [0.5, 0.6) is 11.5 Å². The van der Waals surface area contributed by atoms with Gasteiger partial charge in [-0.05, 0) is 37.0 Å². The molecule has 3 rings (SSSR count). The fraction of sp³-hybridized carbons (Fsp3) is 0.462. The van der Waals surface area contributed by atoms with Gasteiger partial charge in [-0.15, -0.1) is 0 Å². The molecule has 1 heterocycles. The largest absolute Gasteiger partial charge is 0.486 e. The van der Waals surface area contributed by atoms with E-state index in [0.29, 0.717) is 56.2 Å². The summed E-state index contributed by atoms with van der Waals surface area (Å²) in [7, 11) is -2.04. The van der Waals surface area contributed by atoms with Gasteiger partial charge in [-0.1, -0.05) is 37.3 Å². The van der Waals surface area contributed by atoms with Gasteiger partial charge in [-0.25, -0.2) is 8.42 Å². The van der Waals surface area contributed by atoms with E-state index in [2.05, 4.69) is 5.32 Å². The second-order valence-corrected chi connectivity index (χ2v) is 10.5. The Hall–Kier alpha value is -3.27. The summed E-state index contributed by atoms with van der Waals surface area (Å²) in [6, 6.07) is 14.2. The molecule has 0 spiro atoms. The number of likely N-dealkylation sites (N-methyl/N-ethyl adjacent to an activating group) is 1. The van der Waals surface area contributed by atoms with Gasteiger partial charge >= 0.3 is 0 Å². The number of anilines is 1. The fourth-order valence-electron chi connectivity index (χ4n) is 4.25. The van der Waals surface area contributed by atoms with E-state index in [1.54, 1.807) is 30.1 Å². The Bertz CT molecular complexity index is 1140. The number of nitrogens with one attached hydrogen (secondary N) is 1. The van der Waals surface area contributed by atoms with Gasteiger partial charge in [0, 0.05) is 32.6 Å². The van der Waals surface area contributed by atoms with Crippen LogP contribution in [0.15, 0.2) is 48.5 Å². The summed E-state index contributed by atoms with van der Waals surface area (Å²) in [6.45, 7) is 3.22. The van der Waals surface area contributed by atoms with Crippen molar-refractivity contribution in [1.82, 2.24) is 10.2 Å². The summed E-state index contributed by atoms with van der Waals surface area (Å²) in [6.07, 6.45) is 2.64. The highest BCUT2D eigenvalue weighted by molar-refractivity contribution is 7.92. The van der Waals surface area contributed by atoms with Crippen LogP contribution in [-0.4, -0.2) is 70.8 Å². The Morgan fingerprint density at radius 2 is 1.72 bits per heavy atom. The molecule has 1 atom stereocenters. The molecule has 2 aromatic rings. The van der Waals surface area contributed by atoms with Crippen LogP contribution in [0, 0.1) is 0 Å². The molecule has 0 saturated heterocycles. The van der Waals surface area contributed by atoms with Gasteiger partial charge in [0.15, 0.2) is 11.5 Å². The van der Waals surface area contributed by atoms with E-state index in [1.165, 1.54) is 4.31 Å². The highest BCUT2D eigenvalue weighted by atomic mass is 32.2. The van der Waals surface area contributed by atoms with Crippen LogP contribution in [0.2, 0.25) is 0 Å². The molecule has 196 valence electrons. The van der Waals surface area contributed by atoms with Gasteiger partial charge in [0.25, 0.3) is 0 Å². The second kappa shape index (κ2) is 12.6. The van der Waals surface area contributed by atoms with Crippen molar-refractivity contribution in [2.45, 2.75) is 38.6 Å². The molecule has 0 aromatic heterocycles. The highest BCUT2D eigenvalue weighted by Crippen LogP contribution is 2.34. The molecule has 1 aliphatic rings. The minimum atomic E-state index is -3.60. The molecule has 10 heteroatoms. The molecule has 2 amide bonds. The second-order valence-electron chi connectivity index (χ2n) is 8.63. The third-order valence-corrected chi connectivity index (χ3v) is 7.28. The van der Waals surface area contributed by atoms with Crippen LogP contribution in [0.3, 0.4) is 0 Å². The van der Waals surface area contributed by atoms with E-state index in [9.17, 15) is 18.0 Å². The Labute approximate surface area is 213 Å². The normalized spacial score (nSPS) is 13.5. The number of hydrogen-bond acceptors (Lipinski definition) is 6. The van der Waals surface area contributed by atoms with E-state index in [0.717, 1.165) is 11.8 Å². The number of carbonyl (C=O) groups excluding carboxylic acids is 2. The molecular formula is C26H35N3O6S. The standard InChI is InChI=1S/C26H35N3O6S/c1-4-22(26(31)27-2)28(16-14-20-9-6-5-7-10-20)25(30)11-8-15-29(36(3,32)33)21-12-13-23-24(19-21)35-18-17-34-23/h5-7,9-10,12-13,19,22H,4,8,11,14-18H2,1-3H3,(H,27,31)/t22-/m1/s1.